The van der Waals surface area contributed by atoms with Crippen LogP contribution in [-0.2, 0) is 6.54 Å². The standard InChI is InChI=1S/C23H24N6OS/c1-28(13-17-9-6-12-29(17)20-10-5-11-24-27-20)14-19-25-22(30)21-18(15-31-23(21)26-19)16-7-3-2-4-8-16/h2-5,7-8,10-11,15,17H,6,9,12-14H2,1H3,(H,25,26,30). The van der Waals surface area contributed by atoms with Crippen LogP contribution in [0.1, 0.15) is 18.7 Å². The molecule has 5 rings (SSSR count). The first kappa shape index (κ1) is 19.8. The number of benzene rings is 1. The predicted molar refractivity (Wildman–Crippen MR) is 124 cm³/mol. The van der Waals surface area contributed by atoms with E-state index < -0.39 is 0 Å². The third-order valence-electron chi connectivity index (χ3n) is 5.75. The molecule has 1 aliphatic rings. The maximum atomic E-state index is 12.9. The molecule has 1 fully saturated rings. The number of rotatable bonds is 6. The number of nitrogens with zero attached hydrogens (tertiary/aromatic N) is 5. The lowest BCUT2D eigenvalue weighted by Crippen LogP contribution is -2.39. The number of nitrogens with one attached hydrogen (secondary N) is 1. The molecule has 0 bridgehead atoms. The summed E-state index contributed by atoms with van der Waals surface area (Å²) in [7, 11) is 2.07. The first-order valence-electron chi connectivity index (χ1n) is 10.5. The van der Waals surface area contributed by atoms with Crippen molar-refractivity contribution < 1.29 is 0 Å². The summed E-state index contributed by atoms with van der Waals surface area (Å²) in [4.78, 5) is 26.0. The molecule has 4 heterocycles. The Morgan fingerprint density at radius 3 is 2.90 bits per heavy atom. The highest BCUT2D eigenvalue weighted by Crippen LogP contribution is 2.30. The van der Waals surface area contributed by atoms with Gasteiger partial charge in [0.2, 0.25) is 0 Å². The van der Waals surface area contributed by atoms with E-state index in [1.807, 2.05) is 47.8 Å². The van der Waals surface area contributed by atoms with Gasteiger partial charge in [0, 0.05) is 36.3 Å². The van der Waals surface area contributed by atoms with Crippen LogP contribution in [-0.4, -0.2) is 51.2 Å². The van der Waals surface area contributed by atoms with E-state index in [9.17, 15) is 4.79 Å². The minimum Gasteiger partial charge on any atom is -0.351 e. The number of likely N-dealkylation sites (N-methyl/N-ethyl adjacent to an activating group) is 1. The van der Waals surface area contributed by atoms with Crippen molar-refractivity contribution in [2.75, 3.05) is 25.0 Å². The number of H-pyrrole nitrogens is 1. The number of thiophene rings is 1. The Labute approximate surface area is 184 Å². The van der Waals surface area contributed by atoms with E-state index >= 15 is 0 Å². The van der Waals surface area contributed by atoms with Crippen molar-refractivity contribution in [1.29, 1.82) is 0 Å². The largest absolute Gasteiger partial charge is 0.351 e. The molecule has 0 aliphatic carbocycles. The van der Waals surface area contributed by atoms with E-state index in [4.69, 9.17) is 4.98 Å². The van der Waals surface area contributed by atoms with Crippen molar-refractivity contribution in [2.24, 2.45) is 0 Å². The topological polar surface area (TPSA) is 78.0 Å². The summed E-state index contributed by atoms with van der Waals surface area (Å²) in [5, 5.41) is 11.0. The Balaban J connectivity index is 1.33. The molecule has 31 heavy (non-hydrogen) atoms. The van der Waals surface area contributed by atoms with E-state index in [-0.39, 0.29) is 5.56 Å². The molecule has 0 radical (unpaired) electrons. The molecule has 4 aromatic rings. The van der Waals surface area contributed by atoms with E-state index in [0.717, 1.165) is 47.7 Å². The molecule has 1 saturated heterocycles. The fourth-order valence-electron chi connectivity index (χ4n) is 4.35. The molecule has 1 atom stereocenters. The average molecular weight is 433 g/mol. The van der Waals surface area contributed by atoms with Crippen LogP contribution >= 0.6 is 11.3 Å². The van der Waals surface area contributed by atoms with Crippen molar-refractivity contribution in [3.05, 3.63) is 70.2 Å². The van der Waals surface area contributed by atoms with Gasteiger partial charge in [-0.1, -0.05) is 30.3 Å². The van der Waals surface area contributed by atoms with Gasteiger partial charge in [0.15, 0.2) is 5.82 Å². The van der Waals surface area contributed by atoms with Crippen LogP contribution in [0.4, 0.5) is 5.82 Å². The Kier molecular flexibility index (Phi) is 5.48. The van der Waals surface area contributed by atoms with Crippen molar-refractivity contribution in [3.63, 3.8) is 0 Å². The van der Waals surface area contributed by atoms with Gasteiger partial charge in [-0.3, -0.25) is 9.69 Å². The zero-order chi connectivity index (χ0) is 21.2. The van der Waals surface area contributed by atoms with Crippen molar-refractivity contribution >= 4 is 27.4 Å². The van der Waals surface area contributed by atoms with Gasteiger partial charge in [-0.05, 0) is 37.6 Å². The van der Waals surface area contributed by atoms with Gasteiger partial charge in [-0.2, -0.15) is 5.10 Å². The summed E-state index contributed by atoms with van der Waals surface area (Å²) in [6.45, 7) is 2.46. The highest BCUT2D eigenvalue weighted by Gasteiger charge is 2.27. The number of hydrogen-bond donors (Lipinski definition) is 1. The van der Waals surface area contributed by atoms with Crippen LogP contribution in [0.2, 0.25) is 0 Å². The minimum atomic E-state index is -0.0736. The monoisotopic (exact) mass is 432 g/mol. The van der Waals surface area contributed by atoms with Gasteiger partial charge in [-0.15, -0.1) is 16.4 Å². The van der Waals surface area contributed by atoms with Gasteiger partial charge in [-0.25, -0.2) is 4.98 Å². The second-order valence-corrected chi connectivity index (χ2v) is 8.83. The van der Waals surface area contributed by atoms with Crippen molar-refractivity contribution in [2.45, 2.75) is 25.4 Å². The predicted octanol–water partition coefficient (Wildman–Crippen LogP) is 3.54. The van der Waals surface area contributed by atoms with E-state index in [1.54, 1.807) is 6.20 Å². The second-order valence-electron chi connectivity index (χ2n) is 7.98. The van der Waals surface area contributed by atoms with Gasteiger partial charge >= 0.3 is 0 Å². The Morgan fingerprint density at radius 1 is 1.23 bits per heavy atom. The van der Waals surface area contributed by atoms with Crippen LogP contribution in [0.3, 0.4) is 0 Å². The lowest BCUT2D eigenvalue weighted by molar-refractivity contribution is 0.296. The molecular weight excluding hydrogens is 408 g/mol. The van der Waals surface area contributed by atoms with Crippen molar-refractivity contribution in [3.8, 4) is 11.1 Å². The lowest BCUT2D eigenvalue weighted by atomic mass is 10.1. The first-order chi connectivity index (χ1) is 15.2. The van der Waals surface area contributed by atoms with Gasteiger partial charge in [0.25, 0.3) is 5.56 Å². The average Bonchev–Trinajstić information content (AvgIpc) is 3.42. The van der Waals surface area contributed by atoms with Gasteiger partial charge < -0.3 is 9.88 Å². The third kappa shape index (κ3) is 4.08. The summed E-state index contributed by atoms with van der Waals surface area (Å²) in [6.07, 6.45) is 3.97. The molecule has 158 valence electrons. The molecule has 0 saturated carbocycles. The minimum absolute atomic E-state index is 0.0736. The molecule has 1 N–H and O–H groups in total. The Hall–Kier alpha value is -3.10. The fourth-order valence-corrected chi connectivity index (χ4v) is 5.32. The van der Waals surface area contributed by atoms with E-state index in [0.29, 0.717) is 23.8 Å². The van der Waals surface area contributed by atoms with Gasteiger partial charge in [0.05, 0.1) is 11.9 Å². The van der Waals surface area contributed by atoms with Gasteiger partial charge in [0.1, 0.15) is 10.7 Å². The van der Waals surface area contributed by atoms with Crippen LogP contribution in [0.15, 0.2) is 58.8 Å². The first-order valence-corrected chi connectivity index (χ1v) is 11.4. The molecular formula is C23H24N6OS. The molecule has 0 spiro atoms. The molecule has 8 heteroatoms. The van der Waals surface area contributed by atoms with E-state index in [2.05, 4.69) is 32.0 Å². The SMILES string of the molecule is CN(Cc1nc2scc(-c3ccccc3)c2c(=O)[nH]1)CC1CCCN1c1cccnn1. The van der Waals surface area contributed by atoms with Crippen LogP contribution in [0.5, 0.6) is 0 Å². The molecule has 1 unspecified atom stereocenters. The molecule has 1 aliphatic heterocycles. The van der Waals surface area contributed by atoms with Crippen molar-refractivity contribution in [1.82, 2.24) is 25.1 Å². The number of anilines is 1. The summed E-state index contributed by atoms with van der Waals surface area (Å²) < 4.78 is 0. The fraction of sp³-hybridized carbons (Fsp3) is 0.304. The van der Waals surface area contributed by atoms with Crippen LogP contribution in [0.25, 0.3) is 21.3 Å². The number of aromatic amines is 1. The normalized spacial score (nSPS) is 16.5. The summed E-state index contributed by atoms with van der Waals surface area (Å²) in [5.41, 5.74) is 1.91. The van der Waals surface area contributed by atoms with E-state index in [1.165, 1.54) is 11.3 Å². The molecule has 3 aromatic heterocycles. The zero-order valence-corrected chi connectivity index (χ0v) is 18.2. The number of fused-ring (bicyclic) bond motifs is 1. The quantitative estimate of drug-likeness (QED) is 0.502. The highest BCUT2D eigenvalue weighted by atomic mass is 32.1. The summed E-state index contributed by atoms with van der Waals surface area (Å²) in [5.74, 6) is 1.63. The maximum Gasteiger partial charge on any atom is 0.260 e. The Bertz CT molecular complexity index is 1220. The van der Waals surface area contributed by atoms with Crippen LogP contribution < -0.4 is 10.5 Å². The number of aromatic nitrogens is 4. The number of hydrogen-bond acceptors (Lipinski definition) is 7. The maximum absolute atomic E-state index is 12.9. The smallest absolute Gasteiger partial charge is 0.260 e. The van der Waals surface area contributed by atoms with Crippen LogP contribution in [0, 0.1) is 0 Å². The summed E-state index contributed by atoms with van der Waals surface area (Å²) >= 11 is 1.52. The third-order valence-corrected chi connectivity index (χ3v) is 6.62. The molecule has 1 aromatic carbocycles. The zero-order valence-electron chi connectivity index (χ0n) is 17.4. The highest BCUT2D eigenvalue weighted by molar-refractivity contribution is 7.17. The molecule has 7 nitrogen and oxygen atoms in total. The second kappa shape index (κ2) is 8.56. The lowest BCUT2D eigenvalue weighted by Gasteiger charge is -2.29. The summed E-state index contributed by atoms with van der Waals surface area (Å²) in [6, 6.07) is 14.3. The Morgan fingerprint density at radius 2 is 2.10 bits per heavy atom. The molecule has 0 amide bonds.